The average molecular weight is 368 g/mol. The molecule has 0 spiro atoms. The Labute approximate surface area is 154 Å². The number of aromatic nitrogens is 2. The number of aryl methyl sites for hydroxylation is 1. The fraction of sp³-hybridized carbons (Fsp3) is 0.158. The lowest BCUT2D eigenvalue weighted by Gasteiger charge is -2.06. The smallest absolute Gasteiger partial charge is 0.316 e. The zero-order valence-electron chi connectivity index (χ0n) is 14.5. The summed E-state index contributed by atoms with van der Waals surface area (Å²) in [6.07, 6.45) is 0. The van der Waals surface area contributed by atoms with Crippen LogP contribution in [0.15, 0.2) is 53.1 Å². The van der Waals surface area contributed by atoms with E-state index >= 15 is 0 Å². The topological polar surface area (TPSA) is 97.1 Å². The van der Waals surface area contributed by atoms with Crippen LogP contribution in [0.2, 0.25) is 0 Å². The molecule has 138 valence electrons. The molecule has 0 radical (unpaired) electrons. The van der Waals surface area contributed by atoms with Gasteiger partial charge in [0.05, 0.1) is 0 Å². The van der Waals surface area contributed by atoms with E-state index in [1.165, 1.54) is 24.3 Å². The van der Waals surface area contributed by atoms with Gasteiger partial charge in [0.25, 0.3) is 5.91 Å². The molecule has 8 heteroatoms. The van der Waals surface area contributed by atoms with Gasteiger partial charge in [-0.05, 0) is 43.3 Å². The lowest BCUT2D eigenvalue weighted by molar-refractivity contribution is 0.0898. The first-order valence-electron chi connectivity index (χ1n) is 8.25. The third-order valence-electron chi connectivity index (χ3n) is 3.73. The molecule has 0 aliphatic heterocycles. The van der Waals surface area contributed by atoms with Gasteiger partial charge in [-0.3, -0.25) is 9.59 Å². The molecule has 2 N–H and O–H groups in total. The Morgan fingerprint density at radius 3 is 2.26 bits per heavy atom. The third-order valence-corrected chi connectivity index (χ3v) is 3.73. The molecule has 0 saturated carbocycles. The van der Waals surface area contributed by atoms with Crippen molar-refractivity contribution >= 4 is 11.8 Å². The van der Waals surface area contributed by atoms with Crippen LogP contribution in [0.4, 0.5) is 4.39 Å². The molecule has 27 heavy (non-hydrogen) atoms. The highest BCUT2D eigenvalue weighted by Gasteiger charge is 2.15. The molecule has 0 aliphatic rings. The molecule has 0 unspecified atom stereocenters. The van der Waals surface area contributed by atoms with Crippen molar-refractivity contribution < 1.29 is 18.5 Å². The standard InChI is InChI=1S/C19H17FN4O3/c1-12-2-4-14(5-3-12)17(25)21-10-11-22-18(26)19-23-16(24-27-19)13-6-8-15(20)9-7-13/h2-9H,10-11H2,1H3,(H,21,25)(H,22,26). The van der Waals surface area contributed by atoms with Crippen LogP contribution in [0.1, 0.15) is 26.6 Å². The number of hydrogen-bond donors (Lipinski definition) is 2. The minimum Gasteiger partial charge on any atom is -0.350 e. The molecule has 7 nitrogen and oxygen atoms in total. The number of carbonyl (C=O) groups excluding carboxylic acids is 2. The number of amides is 2. The van der Waals surface area contributed by atoms with E-state index in [0.29, 0.717) is 11.1 Å². The van der Waals surface area contributed by atoms with Crippen molar-refractivity contribution in [1.29, 1.82) is 0 Å². The maximum absolute atomic E-state index is 12.9. The number of hydrogen-bond acceptors (Lipinski definition) is 5. The number of halogens is 1. The minimum atomic E-state index is -0.555. The molecule has 2 amide bonds. The summed E-state index contributed by atoms with van der Waals surface area (Å²) < 4.78 is 17.8. The van der Waals surface area contributed by atoms with Gasteiger partial charge >= 0.3 is 11.8 Å². The van der Waals surface area contributed by atoms with E-state index in [9.17, 15) is 14.0 Å². The Bertz CT molecular complexity index is 936. The predicted octanol–water partition coefficient (Wildman–Crippen LogP) is 2.34. The first-order valence-corrected chi connectivity index (χ1v) is 8.25. The highest BCUT2D eigenvalue weighted by molar-refractivity contribution is 5.94. The van der Waals surface area contributed by atoms with Crippen molar-refractivity contribution in [3.63, 3.8) is 0 Å². The number of nitrogens with one attached hydrogen (secondary N) is 2. The Kier molecular flexibility index (Phi) is 5.55. The summed E-state index contributed by atoms with van der Waals surface area (Å²) in [5, 5.41) is 8.99. The summed E-state index contributed by atoms with van der Waals surface area (Å²) >= 11 is 0. The van der Waals surface area contributed by atoms with Gasteiger partial charge in [-0.2, -0.15) is 4.98 Å². The van der Waals surface area contributed by atoms with E-state index in [0.717, 1.165) is 5.56 Å². The van der Waals surface area contributed by atoms with Crippen LogP contribution in [0.25, 0.3) is 11.4 Å². The van der Waals surface area contributed by atoms with Gasteiger partial charge in [0, 0.05) is 24.2 Å². The van der Waals surface area contributed by atoms with Gasteiger partial charge in [0.1, 0.15) is 5.82 Å². The van der Waals surface area contributed by atoms with Gasteiger partial charge in [-0.25, -0.2) is 4.39 Å². The van der Waals surface area contributed by atoms with Crippen LogP contribution in [0, 0.1) is 12.7 Å². The second kappa shape index (κ2) is 8.22. The maximum Gasteiger partial charge on any atom is 0.316 e. The summed E-state index contributed by atoms with van der Waals surface area (Å²) in [4.78, 5) is 28.0. The second-order valence-electron chi connectivity index (χ2n) is 5.81. The lowest BCUT2D eigenvalue weighted by Crippen LogP contribution is -2.34. The summed E-state index contributed by atoms with van der Waals surface area (Å²) in [6.45, 7) is 2.39. The van der Waals surface area contributed by atoms with Gasteiger partial charge < -0.3 is 15.2 Å². The summed E-state index contributed by atoms with van der Waals surface area (Å²) in [6, 6.07) is 12.7. The lowest BCUT2D eigenvalue weighted by atomic mass is 10.1. The van der Waals surface area contributed by atoms with E-state index in [4.69, 9.17) is 4.52 Å². The Morgan fingerprint density at radius 1 is 0.963 bits per heavy atom. The predicted molar refractivity (Wildman–Crippen MR) is 95.5 cm³/mol. The Morgan fingerprint density at radius 2 is 1.59 bits per heavy atom. The van der Waals surface area contributed by atoms with Gasteiger partial charge in [-0.1, -0.05) is 22.9 Å². The van der Waals surface area contributed by atoms with Crippen LogP contribution in [-0.2, 0) is 0 Å². The molecule has 0 atom stereocenters. The van der Waals surface area contributed by atoms with Crippen molar-refractivity contribution in [1.82, 2.24) is 20.8 Å². The first-order chi connectivity index (χ1) is 13.0. The minimum absolute atomic E-state index is 0.188. The first kappa shape index (κ1) is 18.2. The number of benzene rings is 2. The van der Waals surface area contributed by atoms with Crippen molar-refractivity contribution in [2.75, 3.05) is 13.1 Å². The summed E-state index contributed by atoms with van der Waals surface area (Å²) in [5.74, 6) is -1.18. The maximum atomic E-state index is 12.9. The van der Waals surface area contributed by atoms with Crippen LogP contribution < -0.4 is 10.6 Å². The highest BCUT2D eigenvalue weighted by Crippen LogP contribution is 2.15. The SMILES string of the molecule is Cc1ccc(C(=O)NCCNC(=O)c2nc(-c3ccc(F)cc3)no2)cc1. The molecule has 1 aromatic heterocycles. The molecule has 3 aromatic rings. The van der Waals surface area contributed by atoms with Crippen molar-refractivity contribution in [3.8, 4) is 11.4 Å². The highest BCUT2D eigenvalue weighted by atomic mass is 19.1. The summed E-state index contributed by atoms with van der Waals surface area (Å²) in [5.41, 5.74) is 2.15. The Balaban J connectivity index is 1.47. The molecule has 2 aromatic carbocycles. The van der Waals surface area contributed by atoms with Crippen LogP contribution >= 0.6 is 0 Å². The third kappa shape index (κ3) is 4.75. The van der Waals surface area contributed by atoms with Gasteiger partial charge in [0.2, 0.25) is 5.82 Å². The molecule has 0 aliphatic carbocycles. The largest absolute Gasteiger partial charge is 0.350 e. The van der Waals surface area contributed by atoms with Crippen LogP contribution in [0.3, 0.4) is 0 Å². The molecule has 0 saturated heterocycles. The molecule has 0 fully saturated rings. The fourth-order valence-electron chi connectivity index (χ4n) is 2.27. The molecule has 3 rings (SSSR count). The molecule has 1 heterocycles. The van der Waals surface area contributed by atoms with E-state index in [-0.39, 0.29) is 36.5 Å². The van der Waals surface area contributed by atoms with E-state index in [1.54, 1.807) is 12.1 Å². The van der Waals surface area contributed by atoms with E-state index in [2.05, 4.69) is 20.8 Å². The fourth-order valence-corrected chi connectivity index (χ4v) is 2.27. The van der Waals surface area contributed by atoms with Crippen molar-refractivity contribution in [2.24, 2.45) is 0 Å². The van der Waals surface area contributed by atoms with Crippen LogP contribution in [0.5, 0.6) is 0 Å². The number of carbonyl (C=O) groups is 2. The number of nitrogens with zero attached hydrogens (tertiary/aromatic N) is 2. The average Bonchev–Trinajstić information content (AvgIpc) is 3.16. The van der Waals surface area contributed by atoms with Gasteiger partial charge in [-0.15, -0.1) is 0 Å². The number of rotatable bonds is 6. The zero-order chi connectivity index (χ0) is 19.2. The molecular weight excluding hydrogens is 351 g/mol. The van der Waals surface area contributed by atoms with Crippen molar-refractivity contribution in [3.05, 3.63) is 71.4 Å². The zero-order valence-corrected chi connectivity index (χ0v) is 14.5. The monoisotopic (exact) mass is 368 g/mol. The van der Waals surface area contributed by atoms with E-state index < -0.39 is 5.91 Å². The quantitative estimate of drug-likeness (QED) is 0.651. The summed E-state index contributed by atoms with van der Waals surface area (Å²) in [7, 11) is 0. The molecule has 0 bridgehead atoms. The molecular formula is C19H17FN4O3. The second-order valence-corrected chi connectivity index (χ2v) is 5.81. The van der Waals surface area contributed by atoms with Gasteiger partial charge in [0.15, 0.2) is 0 Å². The Hall–Kier alpha value is -3.55. The van der Waals surface area contributed by atoms with Crippen molar-refractivity contribution in [2.45, 2.75) is 6.92 Å². The van der Waals surface area contributed by atoms with E-state index in [1.807, 2.05) is 19.1 Å². The normalized spacial score (nSPS) is 10.4. The van der Waals surface area contributed by atoms with Crippen LogP contribution in [-0.4, -0.2) is 35.0 Å².